The lowest BCUT2D eigenvalue weighted by Crippen LogP contribution is -2.24. The first-order valence-corrected chi connectivity index (χ1v) is 5.10. The summed E-state index contributed by atoms with van der Waals surface area (Å²) in [5, 5.41) is 5.09. The summed E-state index contributed by atoms with van der Waals surface area (Å²) in [6, 6.07) is 5.37. The van der Waals surface area contributed by atoms with Crippen LogP contribution in [0.4, 0.5) is 14.9 Å². The first-order chi connectivity index (χ1) is 7.61. The molecule has 2 amide bonds. The number of anilines is 1. The van der Waals surface area contributed by atoms with Gasteiger partial charge in [-0.15, -0.1) is 0 Å². The molecule has 0 saturated carbocycles. The number of hydrogen-bond acceptors (Lipinski definition) is 1. The minimum Gasteiger partial charge on any atom is -0.314 e. The van der Waals surface area contributed by atoms with Gasteiger partial charge in [0.05, 0.1) is 0 Å². The molecular formula is C12H15FN2O. The number of halogens is 1. The summed E-state index contributed by atoms with van der Waals surface area (Å²) in [7, 11) is 0. The molecular weight excluding hydrogens is 207 g/mol. The van der Waals surface area contributed by atoms with E-state index in [1.54, 1.807) is 12.3 Å². The minimum absolute atomic E-state index is 0.376. The van der Waals surface area contributed by atoms with Gasteiger partial charge >= 0.3 is 6.03 Å². The molecule has 0 radical (unpaired) electrons. The van der Waals surface area contributed by atoms with Crippen LogP contribution >= 0.6 is 0 Å². The molecule has 1 aromatic rings. The Bertz CT molecular complexity index is 402. The van der Waals surface area contributed by atoms with E-state index in [2.05, 4.69) is 10.6 Å². The summed E-state index contributed by atoms with van der Waals surface area (Å²) in [6.45, 7) is 3.92. The molecule has 0 saturated heterocycles. The van der Waals surface area contributed by atoms with E-state index in [0.717, 1.165) is 12.0 Å². The molecule has 3 nitrogen and oxygen atoms in total. The lowest BCUT2D eigenvalue weighted by molar-refractivity contribution is 0.255. The van der Waals surface area contributed by atoms with Gasteiger partial charge in [-0.1, -0.05) is 18.6 Å². The van der Waals surface area contributed by atoms with Gasteiger partial charge in [0.2, 0.25) is 0 Å². The van der Waals surface area contributed by atoms with E-state index in [0.29, 0.717) is 5.69 Å². The second-order valence-electron chi connectivity index (χ2n) is 3.45. The molecule has 0 bridgehead atoms. The lowest BCUT2D eigenvalue weighted by atomic mass is 10.3. The molecule has 0 atom stereocenters. The van der Waals surface area contributed by atoms with Crippen molar-refractivity contribution >= 4 is 11.7 Å². The van der Waals surface area contributed by atoms with E-state index in [1.807, 2.05) is 13.8 Å². The summed E-state index contributed by atoms with van der Waals surface area (Å²) < 4.78 is 12.8. The summed E-state index contributed by atoms with van der Waals surface area (Å²) in [5.41, 5.74) is 1.49. The Kier molecular flexibility index (Phi) is 4.51. The maximum absolute atomic E-state index is 12.8. The molecule has 2 N–H and O–H groups in total. The molecule has 1 rings (SSSR count). The number of nitrogens with one attached hydrogen (secondary N) is 2. The summed E-state index contributed by atoms with van der Waals surface area (Å²) in [4.78, 5) is 11.4. The van der Waals surface area contributed by atoms with E-state index in [9.17, 15) is 9.18 Å². The van der Waals surface area contributed by atoms with Gasteiger partial charge in [-0.25, -0.2) is 9.18 Å². The van der Waals surface area contributed by atoms with Gasteiger partial charge in [0.1, 0.15) is 5.82 Å². The smallest absolute Gasteiger partial charge is 0.314 e. The third-order valence-corrected chi connectivity index (χ3v) is 2.09. The van der Waals surface area contributed by atoms with Crippen LogP contribution < -0.4 is 10.6 Å². The number of urea groups is 1. The Morgan fingerprint density at radius 2 is 2.25 bits per heavy atom. The largest absolute Gasteiger partial charge is 0.323 e. The standard InChI is InChI=1S/C12H15FN2O/c1-3-9(2)8-14-12(16)15-11-6-4-5-10(13)7-11/h4-8H,3H2,1-2H3,(H2,14,15,16)/b9-8+. The Morgan fingerprint density at radius 3 is 2.88 bits per heavy atom. The molecule has 0 aliphatic heterocycles. The zero-order chi connectivity index (χ0) is 12.0. The number of carbonyl (C=O) groups is 1. The average Bonchev–Trinajstić information content (AvgIpc) is 2.26. The van der Waals surface area contributed by atoms with Gasteiger partial charge in [-0.3, -0.25) is 0 Å². The SMILES string of the molecule is CC/C(C)=C/NC(=O)Nc1cccc(F)c1. The molecule has 0 aromatic heterocycles. The first kappa shape index (κ1) is 12.2. The number of hydrogen-bond donors (Lipinski definition) is 2. The van der Waals surface area contributed by atoms with Gasteiger partial charge < -0.3 is 10.6 Å². The van der Waals surface area contributed by atoms with Gasteiger partial charge in [0, 0.05) is 11.9 Å². The molecule has 0 aliphatic carbocycles. The van der Waals surface area contributed by atoms with Crippen LogP contribution in [0.5, 0.6) is 0 Å². The van der Waals surface area contributed by atoms with Crippen molar-refractivity contribution in [1.29, 1.82) is 0 Å². The van der Waals surface area contributed by atoms with Crippen molar-refractivity contribution in [1.82, 2.24) is 5.32 Å². The Balaban J connectivity index is 2.52. The molecule has 86 valence electrons. The highest BCUT2D eigenvalue weighted by molar-refractivity contribution is 5.89. The number of allylic oxidation sites excluding steroid dienone is 1. The topological polar surface area (TPSA) is 41.1 Å². The maximum Gasteiger partial charge on any atom is 0.323 e. The molecule has 16 heavy (non-hydrogen) atoms. The second kappa shape index (κ2) is 5.90. The van der Waals surface area contributed by atoms with E-state index in [4.69, 9.17) is 0 Å². The highest BCUT2D eigenvalue weighted by atomic mass is 19.1. The van der Waals surface area contributed by atoms with Crippen molar-refractivity contribution in [3.63, 3.8) is 0 Å². The molecule has 0 fully saturated rings. The van der Waals surface area contributed by atoms with Crippen LogP contribution in [0.15, 0.2) is 36.0 Å². The number of rotatable bonds is 3. The fraction of sp³-hybridized carbons (Fsp3) is 0.250. The fourth-order valence-corrected chi connectivity index (χ4v) is 1.02. The van der Waals surface area contributed by atoms with Gasteiger partial charge in [0.25, 0.3) is 0 Å². The minimum atomic E-state index is -0.377. The van der Waals surface area contributed by atoms with Crippen LogP contribution in [0.2, 0.25) is 0 Å². The maximum atomic E-state index is 12.8. The predicted molar refractivity (Wildman–Crippen MR) is 62.6 cm³/mol. The van der Waals surface area contributed by atoms with Crippen molar-refractivity contribution in [2.75, 3.05) is 5.32 Å². The van der Waals surface area contributed by atoms with Crippen molar-refractivity contribution in [2.24, 2.45) is 0 Å². The Labute approximate surface area is 94.4 Å². The summed E-state index contributed by atoms with van der Waals surface area (Å²) in [6.07, 6.45) is 2.51. The van der Waals surface area contributed by atoms with E-state index in [-0.39, 0.29) is 11.8 Å². The van der Waals surface area contributed by atoms with E-state index in [1.165, 1.54) is 18.2 Å². The second-order valence-corrected chi connectivity index (χ2v) is 3.45. The van der Waals surface area contributed by atoms with Crippen LogP contribution in [-0.2, 0) is 0 Å². The van der Waals surface area contributed by atoms with Gasteiger partial charge in [-0.2, -0.15) is 0 Å². The summed E-state index contributed by atoms with van der Waals surface area (Å²) in [5.74, 6) is -0.377. The fourth-order valence-electron chi connectivity index (χ4n) is 1.02. The molecule has 0 aliphatic rings. The molecule has 1 aromatic carbocycles. The van der Waals surface area contributed by atoms with E-state index < -0.39 is 0 Å². The van der Waals surface area contributed by atoms with Crippen LogP contribution in [0.3, 0.4) is 0 Å². The first-order valence-electron chi connectivity index (χ1n) is 5.10. The number of benzene rings is 1. The predicted octanol–water partition coefficient (Wildman–Crippen LogP) is 3.26. The highest BCUT2D eigenvalue weighted by Gasteiger charge is 2.00. The van der Waals surface area contributed by atoms with Crippen LogP contribution in [0.1, 0.15) is 20.3 Å². The van der Waals surface area contributed by atoms with Gasteiger partial charge in [0.15, 0.2) is 0 Å². The molecule has 0 unspecified atom stereocenters. The van der Waals surface area contributed by atoms with E-state index >= 15 is 0 Å². The van der Waals surface area contributed by atoms with Crippen molar-refractivity contribution in [2.45, 2.75) is 20.3 Å². The number of amides is 2. The molecule has 0 heterocycles. The lowest BCUT2D eigenvalue weighted by Gasteiger charge is -2.05. The zero-order valence-corrected chi connectivity index (χ0v) is 9.38. The summed E-state index contributed by atoms with van der Waals surface area (Å²) >= 11 is 0. The van der Waals surface area contributed by atoms with Crippen LogP contribution in [-0.4, -0.2) is 6.03 Å². The third kappa shape index (κ3) is 4.13. The Morgan fingerprint density at radius 1 is 1.50 bits per heavy atom. The Hall–Kier alpha value is -1.84. The number of carbonyl (C=O) groups excluding carboxylic acids is 1. The quantitative estimate of drug-likeness (QED) is 0.809. The highest BCUT2D eigenvalue weighted by Crippen LogP contribution is 2.08. The van der Waals surface area contributed by atoms with Crippen LogP contribution in [0, 0.1) is 5.82 Å². The van der Waals surface area contributed by atoms with Crippen LogP contribution in [0.25, 0.3) is 0 Å². The molecule has 4 heteroatoms. The third-order valence-electron chi connectivity index (χ3n) is 2.09. The average molecular weight is 222 g/mol. The van der Waals surface area contributed by atoms with Crippen molar-refractivity contribution in [3.05, 3.63) is 41.9 Å². The van der Waals surface area contributed by atoms with Gasteiger partial charge in [-0.05, 0) is 31.5 Å². The van der Waals surface area contributed by atoms with Crippen molar-refractivity contribution < 1.29 is 9.18 Å². The normalized spacial score (nSPS) is 11.1. The zero-order valence-electron chi connectivity index (χ0n) is 9.38. The monoisotopic (exact) mass is 222 g/mol. The van der Waals surface area contributed by atoms with Crippen molar-refractivity contribution in [3.8, 4) is 0 Å². The molecule has 0 spiro atoms.